The first-order valence-electron chi connectivity index (χ1n) is 8.24. The van der Waals surface area contributed by atoms with Gasteiger partial charge in [0.1, 0.15) is 5.75 Å². The van der Waals surface area contributed by atoms with Crippen LogP contribution >= 0.6 is 0 Å². The summed E-state index contributed by atoms with van der Waals surface area (Å²) in [6.07, 6.45) is -3.79. The van der Waals surface area contributed by atoms with Crippen molar-refractivity contribution in [3.63, 3.8) is 0 Å². The maximum atomic E-state index is 12.1. The lowest BCUT2D eigenvalue weighted by atomic mass is 10.1. The standard InChI is InChI=1S/C19H21F3N2O2/c1-13(2)11-12-23-18(25)14-3-5-15(6-4-14)24-16-7-9-17(10-8-16)26-19(20,21)22/h3-10,13,24H,11-12H2,1-2H3,(H,23,25). The molecule has 0 aliphatic heterocycles. The normalized spacial score (nSPS) is 11.3. The summed E-state index contributed by atoms with van der Waals surface area (Å²) in [6, 6.07) is 12.3. The van der Waals surface area contributed by atoms with Gasteiger partial charge in [0.2, 0.25) is 0 Å². The summed E-state index contributed by atoms with van der Waals surface area (Å²) in [5, 5.41) is 5.91. The van der Waals surface area contributed by atoms with Crippen molar-refractivity contribution >= 4 is 17.3 Å². The Labute approximate surface area is 150 Å². The van der Waals surface area contributed by atoms with Crippen molar-refractivity contribution in [3.8, 4) is 5.75 Å². The number of rotatable bonds is 7. The summed E-state index contributed by atoms with van der Waals surface area (Å²) in [5.41, 5.74) is 1.87. The van der Waals surface area contributed by atoms with E-state index in [1.807, 2.05) is 0 Å². The van der Waals surface area contributed by atoms with Gasteiger partial charge in [0.25, 0.3) is 5.91 Å². The van der Waals surface area contributed by atoms with Gasteiger partial charge in [-0.15, -0.1) is 13.2 Å². The number of halogens is 3. The summed E-state index contributed by atoms with van der Waals surface area (Å²) in [5.74, 6) is 0.108. The molecule has 0 unspecified atom stereocenters. The number of hydrogen-bond acceptors (Lipinski definition) is 3. The first-order chi connectivity index (χ1) is 12.2. The minimum Gasteiger partial charge on any atom is -0.406 e. The van der Waals surface area contributed by atoms with Crippen LogP contribution in [-0.2, 0) is 0 Å². The van der Waals surface area contributed by atoms with Gasteiger partial charge >= 0.3 is 6.36 Å². The molecule has 0 aliphatic rings. The average Bonchev–Trinajstić information content (AvgIpc) is 2.55. The predicted octanol–water partition coefficient (Wildman–Crippen LogP) is 5.10. The smallest absolute Gasteiger partial charge is 0.406 e. The van der Waals surface area contributed by atoms with Crippen molar-refractivity contribution in [1.82, 2.24) is 5.32 Å². The fraction of sp³-hybridized carbons (Fsp3) is 0.316. The van der Waals surface area contributed by atoms with Crippen LogP contribution in [0.5, 0.6) is 5.75 Å². The number of hydrogen-bond donors (Lipinski definition) is 2. The highest BCUT2D eigenvalue weighted by atomic mass is 19.4. The monoisotopic (exact) mass is 366 g/mol. The van der Waals surface area contributed by atoms with Crippen LogP contribution in [0.2, 0.25) is 0 Å². The van der Waals surface area contributed by atoms with E-state index in [-0.39, 0.29) is 11.7 Å². The SMILES string of the molecule is CC(C)CCNC(=O)c1ccc(Nc2ccc(OC(F)(F)F)cc2)cc1. The maximum Gasteiger partial charge on any atom is 0.573 e. The van der Waals surface area contributed by atoms with Crippen LogP contribution in [0.25, 0.3) is 0 Å². The van der Waals surface area contributed by atoms with Crippen molar-refractivity contribution in [3.05, 3.63) is 54.1 Å². The minimum absolute atomic E-state index is 0.133. The molecule has 0 fully saturated rings. The van der Waals surface area contributed by atoms with Crippen molar-refractivity contribution in [2.45, 2.75) is 26.6 Å². The third-order valence-corrected chi connectivity index (χ3v) is 3.53. The second kappa shape index (κ2) is 8.60. The van der Waals surface area contributed by atoms with Crippen LogP contribution in [0, 0.1) is 5.92 Å². The van der Waals surface area contributed by atoms with Crippen molar-refractivity contribution in [1.29, 1.82) is 0 Å². The Morgan fingerprint density at radius 2 is 1.54 bits per heavy atom. The van der Waals surface area contributed by atoms with Crippen LogP contribution in [0.4, 0.5) is 24.5 Å². The molecule has 140 valence electrons. The molecule has 2 aromatic rings. The highest BCUT2D eigenvalue weighted by molar-refractivity contribution is 5.94. The summed E-state index contributed by atoms with van der Waals surface area (Å²) in [6.45, 7) is 4.81. The molecule has 7 heteroatoms. The Kier molecular flexibility index (Phi) is 6.49. The van der Waals surface area contributed by atoms with Gasteiger partial charge in [-0.2, -0.15) is 0 Å². The molecule has 0 bridgehead atoms. The lowest BCUT2D eigenvalue weighted by Gasteiger charge is -2.11. The first-order valence-corrected chi connectivity index (χ1v) is 8.24. The molecule has 0 spiro atoms. The molecule has 0 aromatic heterocycles. The Balaban J connectivity index is 1.91. The average molecular weight is 366 g/mol. The van der Waals surface area contributed by atoms with Gasteiger partial charge in [0.05, 0.1) is 0 Å². The number of amides is 1. The molecular formula is C19H21F3N2O2. The molecule has 0 saturated heterocycles. The van der Waals surface area contributed by atoms with Gasteiger partial charge in [0.15, 0.2) is 0 Å². The maximum absolute atomic E-state index is 12.1. The topological polar surface area (TPSA) is 50.4 Å². The van der Waals surface area contributed by atoms with Gasteiger partial charge in [-0.3, -0.25) is 4.79 Å². The second-order valence-electron chi connectivity index (χ2n) is 6.21. The molecule has 0 heterocycles. The van der Waals surface area contributed by atoms with E-state index >= 15 is 0 Å². The number of anilines is 2. The summed E-state index contributed by atoms with van der Waals surface area (Å²) in [7, 11) is 0. The second-order valence-corrected chi connectivity index (χ2v) is 6.21. The fourth-order valence-electron chi connectivity index (χ4n) is 2.19. The summed E-state index contributed by atoms with van der Waals surface area (Å²) < 4.78 is 40.2. The zero-order chi connectivity index (χ0) is 19.2. The summed E-state index contributed by atoms with van der Waals surface area (Å²) in [4.78, 5) is 12.0. The number of carbonyl (C=O) groups is 1. The molecule has 2 aromatic carbocycles. The third kappa shape index (κ3) is 6.66. The molecule has 2 N–H and O–H groups in total. The highest BCUT2D eigenvalue weighted by Crippen LogP contribution is 2.25. The van der Waals surface area contributed by atoms with Crippen molar-refractivity contribution < 1.29 is 22.7 Å². The summed E-state index contributed by atoms with van der Waals surface area (Å²) >= 11 is 0. The van der Waals surface area contributed by atoms with Crippen LogP contribution in [-0.4, -0.2) is 18.8 Å². The van der Waals surface area contributed by atoms with E-state index < -0.39 is 6.36 Å². The first kappa shape index (κ1) is 19.6. The number of ether oxygens (including phenoxy) is 1. The van der Waals surface area contributed by atoms with Crippen LogP contribution in [0.3, 0.4) is 0 Å². The Bertz CT molecular complexity index is 711. The van der Waals surface area contributed by atoms with Gasteiger partial charge in [-0.25, -0.2) is 0 Å². The number of carbonyl (C=O) groups excluding carboxylic acids is 1. The van der Waals surface area contributed by atoms with Crippen LogP contribution < -0.4 is 15.4 Å². The number of alkyl halides is 3. The van der Waals surface area contributed by atoms with Crippen LogP contribution in [0.15, 0.2) is 48.5 Å². The molecule has 26 heavy (non-hydrogen) atoms. The van der Waals surface area contributed by atoms with E-state index in [4.69, 9.17) is 0 Å². The molecule has 2 rings (SSSR count). The third-order valence-electron chi connectivity index (χ3n) is 3.53. The molecule has 0 aliphatic carbocycles. The van der Waals surface area contributed by atoms with Gasteiger partial charge in [0, 0.05) is 23.5 Å². The van der Waals surface area contributed by atoms with Crippen molar-refractivity contribution in [2.75, 3.05) is 11.9 Å². The lowest BCUT2D eigenvalue weighted by Crippen LogP contribution is -2.25. The highest BCUT2D eigenvalue weighted by Gasteiger charge is 2.30. The van der Waals surface area contributed by atoms with Crippen LogP contribution in [0.1, 0.15) is 30.6 Å². The molecule has 4 nitrogen and oxygen atoms in total. The van der Waals surface area contributed by atoms with E-state index in [2.05, 4.69) is 29.2 Å². The zero-order valence-corrected chi connectivity index (χ0v) is 14.6. The predicted molar refractivity (Wildman–Crippen MR) is 94.6 cm³/mol. The van der Waals surface area contributed by atoms with E-state index in [0.717, 1.165) is 6.42 Å². The number of nitrogens with one attached hydrogen (secondary N) is 2. The fourth-order valence-corrected chi connectivity index (χ4v) is 2.19. The molecule has 0 radical (unpaired) electrons. The quantitative estimate of drug-likeness (QED) is 0.716. The van der Waals surface area contributed by atoms with E-state index in [0.29, 0.717) is 29.4 Å². The zero-order valence-electron chi connectivity index (χ0n) is 14.6. The minimum atomic E-state index is -4.71. The van der Waals surface area contributed by atoms with Gasteiger partial charge < -0.3 is 15.4 Å². The van der Waals surface area contributed by atoms with Crippen molar-refractivity contribution in [2.24, 2.45) is 5.92 Å². The van der Waals surface area contributed by atoms with E-state index in [1.165, 1.54) is 24.3 Å². The van der Waals surface area contributed by atoms with E-state index in [1.54, 1.807) is 24.3 Å². The molecular weight excluding hydrogens is 345 g/mol. The van der Waals surface area contributed by atoms with E-state index in [9.17, 15) is 18.0 Å². The molecule has 0 saturated carbocycles. The van der Waals surface area contributed by atoms with Gasteiger partial charge in [-0.1, -0.05) is 13.8 Å². The Morgan fingerprint density at radius 1 is 1.00 bits per heavy atom. The molecule has 0 atom stereocenters. The lowest BCUT2D eigenvalue weighted by molar-refractivity contribution is -0.274. The largest absolute Gasteiger partial charge is 0.573 e. The van der Waals surface area contributed by atoms with Gasteiger partial charge in [-0.05, 0) is 60.9 Å². The number of benzene rings is 2. The molecule has 1 amide bonds. The Hall–Kier alpha value is -2.70. The Morgan fingerprint density at radius 3 is 2.04 bits per heavy atom.